The second kappa shape index (κ2) is 11.1. The van der Waals surface area contributed by atoms with Gasteiger partial charge in [0.05, 0.1) is 5.52 Å². The summed E-state index contributed by atoms with van der Waals surface area (Å²) in [6, 6.07) is 18.8. The third-order valence-electron chi connectivity index (χ3n) is 7.04. The lowest BCUT2D eigenvalue weighted by Crippen LogP contribution is -2.50. The number of carbonyl (C=O) groups excluding carboxylic acids is 2. The molecule has 2 amide bonds. The van der Waals surface area contributed by atoms with Gasteiger partial charge in [0.1, 0.15) is 18.1 Å². The Labute approximate surface area is 227 Å². The Balaban J connectivity index is 1.54. The summed E-state index contributed by atoms with van der Waals surface area (Å²) in [7, 11) is 0. The van der Waals surface area contributed by atoms with Crippen LogP contribution < -0.4 is 10.2 Å². The zero-order valence-electron chi connectivity index (χ0n) is 22.3. The molecular weight excluding hydrogens is 494 g/mol. The van der Waals surface area contributed by atoms with Crippen molar-refractivity contribution in [1.29, 1.82) is 0 Å². The molecule has 8 heteroatoms. The predicted octanol–water partition coefficient (Wildman–Crippen LogP) is 6.23. The minimum atomic E-state index is -0.808. The van der Waals surface area contributed by atoms with Crippen molar-refractivity contribution in [2.75, 3.05) is 4.90 Å². The van der Waals surface area contributed by atoms with Crippen molar-refractivity contribution in [3.63, 3.8) is 0 Å². The average molecular weight is 530 g/mol. The van der Waals surface area contributed by atoms with Gasteiger partial charge in [-0.15, -0.1) is 16.4 Å². The molecule has 38 heavy (non-hydrogen) atoms. The van der Waals surface area contributed by atoms with Crippen LogP contribution in [-0.2, 0) is 16.1 Å². The first kappa shape index (κ1) is 26.1. The Kier molecular flexibility index (Phi) is 7.61. The van der Waals surface area contributed by atoms with E-state index in [-0.39, 0.29) is 18.4 Å². The predicted molar refractivity (Wildman–Crippen MR) is 152 cm³/mol. The van der Waals surface area contributed by atoms with Crippen LogP contribution in [0.1, 0.15) is 75.3 Å². The molecule has 2 heterocycles. The highest BCUT2D eigenvalue weighted by molar-refractivity contribution is 7.10. The molecule has 7 nitrogen and oxygen atoms in total. The number of thiophene rings is 1. The van der Waals surface area contributed by atoms with Crippen molar-refractivity contribution in [3.8, 4) is 0 Å². The summed E-state index contributed by atoms with van der Waals surface area (Å²) in [5, 5.41) is 13.5. The summed E-state index contributed by atoms with van der Waals surface area (Å²) in [6.07, 6.45) is 6.23. The van der Waals surface area contributed by atoms with Crippen molar-refractivity contribution in [2.45, 2.75) is 76.9 Å². The number of anilines is 1. The van der Waals surface area contributed by atoms with Crippen LogP contribution in [0.25, 0.3) is 11.0 Å². The van der Waals surface area contributed by atoms with Gasteiger partial charge in [-0.2, -0.15) is 0 Å². The summed E-state index contributed by atoms with van der Waals surface area (Å²) in [4.78, 5) is 30.3. The smallest absolute Gasteiger partial charge is 0.249 e. The highest BCUT2D eigenvalue weighted by Gasteiger charge is 2.35. The fraction of sp³-hybridized carbons (Fsp3) is 0.400. The van der Waals surface area contributed by atoms with Crippen LogP contribution in [0.3, 0.4) is 0 Å². The van der Waals surface area contributed by atoms with E-state index in [1.165, 1.54) is 49.0 Å². The number of hydrogen-bond acceptors (Lipinski definition) is 5. The van der Waals surface area contributed by atoms with E-state index >= 15 is 0 Å². The molecule has 1 atom stereocenters. The van der Waals surface area contributed by atoms with Gasteiger partial charge in [-0.1, -0.05) is 54.8 Å². The van der Waals surface area contributed by atoms with Crippen LogP contribution in [0, 0.1) is 0 Å². The topological polar surface area (TPSA) is 80.1 Å². The molecule has 1 aliphatic rings. The van der Waals surface area contributed by atoms with E-state index < -0.39 is 11.6 Å². The zero-order chi connectivity index (χ0) is 26.7. The molecule has 1 aliphatic carbocycles. The number of fused-ring (bicyclic) bond motifs is 1. The molecule has 0 radical (unpaired) electrons. The number of amides is 2. The van der Waals surface area contributed by atoms with E-state index in [1.54, 1.807) is 9.58 Å². The molecule has 0 unspecified atom stereocenters. The maximum Gasteiger partial charge on any atom is 0.249 e. The van der Waals surface area contributed by atoms with Gasteiger partial charge in [0.2, 0.25) is 11.8 Å². The average Bonchev–Trinajstić information content (AvgIpc) is 3.57. The Morgan fingerprint density at radius 3 is 2.45 bits per heavy atom. The summed E-state index contributed by atoms with van der Waals surface area (Å²) >= 11 is 1.47. The maximum absolute atomic E-state index is 14.1. The van der Waals surface area contributed by atoms with Crippen LogP contribution in [0.15, 0.2) is 66.0 Å². The summed E-state index contributed by atoms with van der Waals surface area (Å²) < 4.78 is 1.61. The summed E-state index contributed by atoms with van der Waals surface area (Å²) in [5.74, 6) is 0.113. The fourth-order valence-corrected chi connectivity index (χ4v) is 6.09. The molecular formula is C30H35N5O2S. The number of para-hydroxylation sites is 1. The van der Waals surface area contributed by atoms with Crippen molar-refractivity contribution < 1.29 is 9.59 Å². The lowest BCUT2D eigenvalue weighted by Gasteiger charge is -2.33. The second-order valence-electron chi connectivity index (χ2n) is 11.1. The molecule has 198 valence electrons. The Morgan fingerprint density at radius 2 is 1.76 bits per heavy atom. The van der Waals surface area contributed by atoms with E-state index in [0.717, 1.165) is 15.9 Å². The monoisotopic (exact) mass is 529 g/mol. The Morgan fingerprint density at radius 1 is 1.03 bits per heavy atom. The van der Waals surface area contributed by atoms with Crippen molar-refractivity contribution in [3.05, 3.63) is 76.5 Å². The summed E-state index contributed by atoms with van der Waals surface area (Å²) in [5.41, 5.74) is 3.05. The number of benzene rings is 2. The normalized spacial score (nSPS) is 15.3. The minimum Gasteiger partial charge on any atom is -0.349 e. The maximum atomic E-state index is 14.1. The largest absolute Gasteiger partial charge is 0.349 e. The molecule has 0 aliphatic heterocycles. The van der Waals surface area contributed by atoms with Gasteiger partial charge in [-0.3, -0.25) is 14.5 Å². The highest BCUT2D eigenvalue weighted by atomic mass is 32.1. The van der Waals surface area contributed by atoms with E-state index in [9.17, 15) is 9.59 Å². The van der Waals surface area contributed by atoms with Gasteiger partial charge in [0.15, 0.2) is 0 Å². The molecule has 4 aromatic rings. The molecule has 0 spiro atoms. The summed E-state index contributed by atoms with van der Waals surface area (Å²) in [6.45, 7) is 5.81. The fourth-order valence-electron chi connectivity index (χ4n) is 5.28. The third-order valence-corrected chi connectivity index (χ3v) is 7.96. The quantitative estimate of drug-likeness (QED) is 0.308. The van der Waals surface area contributed by atoms with Gasteiger partial charge in [0.25, 0.3) is 0 Å². The number of carbonyl (C=O) groups is 2. The first-order chi connectivity index (χ1) is 18.3. The van der Waals surface area contributed by atoms with Gasteiger partial charge < -0.3 is 5.32 Å². The third kappa shape index (κ3) is 5.80. The molecule has 2 aromatic heterocycles. The van der Waals surface area contributed by atoms with Gasteiger partial charge in [-0.05, 0) is 80.8 Å². The zero-order valence-corrected chi connectivity index (χ0v) is 23.1. The van der Waals surface area contributed by atoms with Crippen LogP contribution >= 0.6 is 11.3 Å². The second-order valence-corrected chi connectivity index (χ2v) is 12.1. The molecule has 2 aromatic carbocycles. The van der Waals surface area contributed by atoms with E-state index in [4.69, 9.17) is 0 Å². The molecule has 1 saturated carbocycles. The number of rotatable bonds is 7. The van der Waals surface area contributed by atoms with Crippen molar-refractivity contribution in [1.82, 2.24) is 20.3 Å². The number of aromatic nitrogens is 3. The van der Waals surface area contributed by atoms with Crippen molar-refractivity contribution in [2.24, 2.45) is 0 Å². The minimum absolute atomic E-state index is 0.0322. The molecule has 1 fully saturated rings. The van der Waals surface area contributed by atoms with Gasteiger partial charge >= 0.3 is 0 Å². The van der Waals surface area contributed by atoms with E-state index in [0.29, 0.717) is 11.6 Å². The van der Waals surface area contributed by atoms with Crippen LogP contribution in [0.2, 0.25) is 0 Å². The van der Waals surface area contributed by atoms with Gasteiger partial charge in [0, 0.05) is 16.1 Å². The molecule has 0 bridgehead atoms. The molecule has 1 N–H and O–H groups in total. The first-order valence-electron chi connectivity index (χ1n) is 13.4. The molecule has 0 saturated heterocycles. The van der Waals surface area contributed by atoms with Crippen LogP contribution in [0.5, 0.6) is 0 Å². The lowest BCUT2D eigenvalue weighted by molar-refractivity contribution is -0.127. The Bertz CT molecular complexity index is 1380. The Hall–Kier alpha value is -3.52. The van der Waals surface area contributed by atoms with Crippen LogP contribution in [0.4, 0.5) is 5.69 Å². The number of hydrogen-bond donors (Lipinski definition) is 1. The highest BCUT2D eigenvalue weighted by Crippen LogP contribution is 2.36. The first-order valence-corrected chi connectivity index (χ1v) is 14.2. The van der Waals surface area contributed by atoms with E-state index in [2.05, 4.69) is 27.8 Å². The SMILES string of the molecule is CC(C)(C)NC(=O)[C@H](c1cccs1)N(C(=O)Cn1nnc2ccccc21)c1ccc(C2CCCCC2)cc1. The number of nitrogens with zero attached hydrogens (tertiary/aromatic N) is 4. The standard InChI is InChI=1S/C30H35N5O2S/c1-30(2,3)31-29(37)28(26-14-9-19-38-26)35(23-17-15-22(16-18-23)21-10-5-4-6-11-21)27(36)20-34-25-13-8-7-12-24(25)32-33-34/h7-9,12-19,21,28H,4-6,10-11,20H2,1-3H3,(H,31,37)/t28-/m0/s1. The number of nitrogens with one attached hydrogen (secondary N) is 1. The van der Waals surface area contributed by atoms with Crippen LogP contribution in [-0.4, -0.2) is 32.3 Å². The van der Waals surface area contributed by atoms with Crippen molar-refractivity contribution >= 4 is 39.9 Å². The lowest BCUT2D eigenvalue weighted by atomic mass is 9.84. The van der Waals surface area contributed by atoms with E-state index in [1.807, 2.05) is 74.7 Å². The van der Waals surface area contributed by atoms with Gasteiger partial charge in [-0.25, -0.2) is 4.68 Å². The molecule has 5 rings (SSSR count).